The first-order valence-corrected chi connectivity index (χ1v) is 5.80. The lowest BCUT2D eigenvalue weighted by molar-refractivity contribution is 0.0731. The summed E-state index contributed by atoms with van der Waals surface area (Å²) in [4.78, 5) is 17.9. The highest BCUT2D eigenvalue weighted by atomic mass is 16.2. The highest BCUT2D eigenvalue weighted by Gasteiger charge is 2.18. The molecule has 1 heterocycles. The number of amides is 1. The summed E-state index contributed by atoms with van der Waals surface area (Å²) in [5.74, 6) is 5.22. The molecule has 0 fully saturated rings. The number of carbonyl (C=O) groups excluding carboxylic acids is 1. The van der Waals surface area contributed by atoms with Gasteiger partial charge in [-0.15, -0.1) is 0 Å². The first-order valence-electron chi connectivity index (χ1n) is 5.80. The van der Waals surface area contributed by atoms with Crippen LogP contribution in [0.5, 0.6) is 0 Å². The van der Waals surface area contributed by atoms with Gasteiger partial charge >= 0.3 is 0 Å². The number of nitrogens with two attached hydrogens (primary N) is 1. The van der Waals surface area contributed by atoms with Crippen LogP contribution >= 0.6 is 0 Å². The SMILES string of the molecule is CCCC(C)N(C)C(=O)c1cc(NN)ccn1. The average Bonchev–Trinajstić information content (AvgIpc) is 2.37. The summed E-state index contributed by atoms with van der Waals surface area (Å²) >= 11 is 0. The molecule has 0 aliphatic heterocycles. The molecule has 1 amide bonds. The Morgan fingerprint density at radius 3 is 2.94 bits per heavy atom. The van der Waals surface area contributed by atoms with Gasteiger partial charge in [0.15, 0.2) is 0 Å². The van der Waals surface area contributed by atoms with Crippen molar-refractivity contribution in [3.05, 3.63) is 24.0 Å². The van der Waals surface area contributed by atoms with Crippen molar-refractivity contribution in [2.75, 3.05) is 12.5 Å². The number of nitrogens with zero attached hydrogens (tertiary/aromatic N) is 2. The zero-order valence-electron chi connectivity index (χ0n) is 10.6. The Kier molecular flexibility index (Phi) is 4.90. The first-order chi connectivity index (χ1) is 8.10. The number of hydrogen-bond acceptors (Lipinski definition) is 4. The Balaban J connectivity index is 2.80. The van der Waals surface area contributed by atoms with Crippen LogP contribution in [0.1, 0.15) is 37.2 Å². The maximum absolute atomic E-state index is 12.1. The topological polar surface area (TPSA) is 71.2 Å². The molecule has 1 aromatic rings. The van der Waals surface area contributed by atoms with E-state index in [2.05, 4.69) is 17.3 Å². The summed E-state index contributed by atoms with van der Waals surface area (Å²) in [6, 6.07) is 3.58. The standard InChI is InChI=1S/C12H20N4O/c1-4-5-9(2)16(3)12(17)11-8-10(15-13)6-7-14-11/h6-9H,4-5,13H2,1-3H3,(H,14,15). The molecule has 94 valence electrons. The average molecular weight is 236 g/mol. The van der Waals surface area contributed by atoms with E-state index in [0.29, 0.717) is 11.4 Å². The van der Waals surface area contributed by atoms with Crippen LogP contribution in [0, 0.1) is 0 Å². The minimum Gasteiger partial charge on any atom is -0.338 e. The number of pyridine rings is 1. The first kappa shape index (κ1) is 13.4. The van der Waals surface area contributed by atoms with Crippen molar-refractivity contribution in [3.63, 3.8) is 0 Å². The number of hydrazine groups is 1. The highest BCUT2D eigenvalue weighted by Crippen LogP contribution is 2.11. The van der Waals surface area contributed by atoms with Crippen LogP contribution in [0.3, 0.4) is 0 Å². The lowest BCUT2D eigenvalue weighted by Gasteiger charge is -2.24. The van der Waals surface area contributed by atoms with Crippen molar-refractivity contribution >= 4 is 11.6 Å². The maximum Gasteiger partial charge on any atom is 0.272 e. The molecule has 1 aromatic heterocycles. The van der Waals surface area contributed by atoms with Crippen LogP contribution in [0.25, 0.3) is 0 Å². The van der Waals surface area contributed by atoms with Crippen LogP contribution in [-0.2, 0) is 0 Å². The quantitative estimate of drug-likeness (QED) is 0.602. The minimum atomic E-state index is -0.0805. The third kappa shape index (κ3) is 3.42. The second-order valence-electron chi connectivity index (χ2n) is 4.13. The fourth-order valence-corrected chi connectivity index (χ4v) is 1.63. The molecule has 5 heteroatoms. The molecule has 1 unspecified atom stereocenters. The number of rotatable bonds is 5. The molecule has 0 bridgehead atoms. The Morgan fingerprint density at radius 1 is 1.65 bits per heavy atom. The molecule has 0 aliphatic rings. The van der Waals surface area contributed by atoms with E-state index < -0.39 is 0 Å². The molecule has 0 saturated heterocycles. The van der Waals surface area contributed by atoms with Crippen molar-refractivity contribution in [2.24, 2.45) is 5.84 Å². The van der Waals surface area contributed by atoms with Gasteiger partial charge in [0.1, 0.15) is 5.69 Å². The smallest absolute Gasteiger partial charge is 0.272 e. The second-order valence-corrected chi connectivity index (χ2v) is 4.13. The van der Waals surface area contributed by atoms with Crippen molar-refractivity contribution < 1.29 is 4.79 Å². The van der Waals surface area contributed by atoms with Gasteiger partial charge in [0.2, 0.25) is 0 Å². The zero-order valence-corrected chi connectivity index (χ0v) is 10.6. The summed E-state index contributed by atoms with van der Waals surface area (Å²) in [6.45, 7) is 4.14. The predicted molar refractivity (Wildman–Crippen MR) is 68.5 cm³/mol. The van der Waals surface area contributed by atoms with Gasteiger partial charge < -0.3 is 10.3 Å². The van der Waals surface area contributed by atoms with Crippen LogP contribution in [0.15, 0.2) is 18.3 Å². The van der Waals surface area contributed by atoms with Crippen LogP contribution in [0.4, 0.5) is 5.69 Å². The summed E-state index contributed by atoms with van der Waals surface area (Å²) in [6.07, 6.45) is 3.61. The second kappa shape index (κ2) is 6.20. The molecule has 3 N–H and O–H groups in total. The molecule has 0 aromatic carbocycles. The van der Waals surface area contributed by atoms with E-state index in [-0.39, 0.29) is 11.9 Å². The highest BCUT2D eigenvalue weighted by molar-refractivity contribution is 5.93. The van der Waals surface area contributed by atoms with Crippen molar-refractivity contribution in [1.29, 1.82) is 0 Å². The van der Waals surface area contributed by atoms with Gasteiger partial charge in [0.05, 0.1) is 5.69 Å². The Bertz CT molecular complexity index is 381. The summed E-state index contributed by atoms with van der Waals surface area (Å²) in [5, 5.41) is 0. The van der Waals surface area contributed by atoms with Gasteiger partial charge in [0, 0.05) is 19.3 Å². The molecule has 0 radical (unpaired) electrons. The number of aromatic nitrogens is 1. The normalized spacial score (nSPS) is 12.0. The van der Waals surface area contributed by atoms with Crippen molar-refractivity contribution in [3.8, 4) is 0 Å². The fourth-order valence-electron chi connectivity index (χ4n) is 1.63. The largest absolute Gasteiger partial charge is 0.338 e. The van der Waals surface area contributed by atoms with Crippen molar-refractivity contribution in [1.82, 2.24) is 9.88 Å². The number of nitrogen functional groups attached to an aromatic ring is 1. The Labute approximate surface area is 102 Å². The number of anilines is 1. The summed E-state index contributed by atoms with van der Waals surface area (Å²) < 4.78 is 0. The Hall–Kier alpha value is -1.62. The number of carbonyl (C=O) groups is 1. The third-order valence-corrected chi connectivity index (χ3v) is 2.83. The summed E-state index contributed by atoms with van der Waals surface area (Å²) in [5.41, 5.74) is 3.59. The van der Waals surface area contributed by atoms with Gasteiger partial charge in [-0.2, -0.15) is 0 Å². The van der Waals surface area contributed by atoms with E-state index >= 15 is 0 Å². The lowest BCUT2D eigenvalue weighted by atomic mass is 10.1. The monoisotopic (exact) mass is 236 g/mol. The zero-order chi connectivity index (χ0) is 12.8. The number of hydrogen-bond donors (Lipinski definition) is 2. The lowest BCUT2D eigenvalue weighted by Crippen LogP contribution is -2.35. The Morgan fingerprint density at radius 2 is 2.35 bits per heavy atom. The third-order valence-electron chi connectivity index (χ3n) is 2.83. The van der Waals surface area contributed by atoms with E-state index in [1.165, 1.54) is 0 Å². The van der Waals surface area contributed by atoms with E-state index in [1.807, 2.05) is 6.92 Å². The fraction of sp³-hybridized carbons (Fsp3) is 0.500. The molecular weight excluding hydrogens is 216 g/mol. The van der Waals surface area contributed by atoms with Crippen LogP contribution in [0.2, 0.25) is 0 Å². The predicted octanol–water partition coefficient (Wildman–Crippen LogP) is 1.63. The molecule has 1 rings (SSSR count). The maximum atomic E-state index is 12.1. The van der Waals surface area contributed by atoms with Crippen LogP contribution < -0.4 is 11.3 Å². The van der Waals surface area contributed by atoms with E-state index in [4.69, 9.17) is 5.84 Å². The molecule has 17 heavy (non-hydrogen) atoms. The van der Waals surface area contributed by atoms with Gasteiger partial charge in [-0.25, -0.2) is 0 Å². The molecule has 0 saturated carbocycles. The van der Waals surface area contributed by atoms with E-state index in [1.54, 1.807) is 30.3 Å². The molecule has 1 atom stereocenters. The van der Waals surface area contributed by atoms with Gasteiger partial charge in [0.25, 0.3) is 5.91 Å². The van der Waals surface area contributed by atoms with Gasteiger partial charge in [-0.05, 0) is 25.5 Å². The van der Waals surface area contributed by atoms with Gasteiger partial charge in [-0.3, -0.25) is 15.6 Å². The van der Waals surface area contributed by atoms with E-state index in [9.17, 15) is 4.79 Å². The van der Waals surface area contributed by atoms with Crippen LogP contribution in [-0.4, -0.2) is 28.9 Å². The molecule has 0 spiro atoms. The molecule has 0 aliphatic carbocycles. The summed E-state index contributed by atoms with van der Waals surface area (Å²) in [7, 11) is 1.80. The van der Waals surface area contributed by atoms with E-state index in [0.717, 1.165) is 12.8 Å². The minimum absolute atomic E-state index is 0.0805. The van der Waals surface area contributed by atoms with Gasteiger partial charge in [-0.1, -0.05) is 13.3 Å². The molecular formula is C12H20N4O. The van der Waals surface area contributed by atoms with Crippen molar-refractivity contribution in [2.45, 2.75) is 32.7 Å². The number of nitrogens with one attached hydrogen (secondary N) is 1. The molecule has 5 nitrogen and oxygen atoms in total.